The van der Waals surface area contributed by atoms with Crippen LogP contribution in [0.4, 0.5) is 5.69 Å². The van der Waals surface area contributed by atoms with Crippen molar-refractivity contribution in [2.45, 2.75) is 32.1 Å². The van der Waals surface area contributed by atoms with Gasteiger partial charge in [0, 0.05) is 41.4 Å². The molecule has 2 aliphatic rings. The first-order valence-electron chi connectivity index (χ1n) is 13.0. The van der Waals surface area contributed by atoms with Gasteiger partial charge < -0.3 is 14.8 Å². The highest BCUT2D eigenvalue weighted by Gasteiger charge is 2.36. The van der Waals surface area contributed by atoms with Gasteiger partial charge in [0.15, 0.2) is 29.7 Å². The Bertz CT molecular complexity index is 1600. The largest absolute Gasteiger partial charge is 0.490 e. The van der Waals surface area contributed by atoms with Crippen molar-refractivity contribution < 1.29 is 23.6 Å². The first-order chi connectivity index (χ1) is 18.5. The van der Waals surface area contributed by atoms with Crippen molar-refractivity contribution in [2.75, 3.05) is 11.9 Å². The number of fused-ring (bicyclic) bond motifs is 3. The number of nitrogens with one attached hydrogen (secondary N) is 1. The smallest absolute Gasteiger partial charge is 0.344 e. The summed E-state index contributed by atoms with van der Waals surface area (Å²) in [6.45, 7) is 2.31. The van der Waals surface area contributed by atoms with E-state index < -0.39 is 5.97 Å². The summed E-state index contributed by atoms with van der Waals surface area (Å²) in [6, 6.07) is 21.6. The highest BCUT2D eigenvalue weighted by atomic mass is 16.6. The minimum atomic E-state index is -0.454. The number of esters is 1. The Morgan fingerprint density at radius 2 is 1.82 bits per heavy atom. The molecular formula is C32H29N2O4+. The van der Waals surface area contributed by atoms with Crippen LogP contribution in [0.5, 0.6) is 11.5 Å². The van der Waals surface area contributed by atoms with Gasteiger partial charge in [0.2, 0.25) is 0 Å². The molecule has 38 heavy (non-hydrogen) atoms. The Morgan fingerprint density at radius 3 is 2.63 bits per heavy atom. The standard InChI is InChI=1S/C32H28N2O4/c1-3-37-28-19-22(12-14-27(28)38-32(36)21-15-17-34(2)18-16-21)29-30-23-8-5-4-7-20(23)11-13-25(30)33-24-9-6-10-26(35)31(24)29/h4-5,7-8,11-19,29H,3,6,9-10H2,1-2H3/p+1. The van der Waals surface area contributed by atoms with Gasteiger partial charge >= 0.3 is 5.97 Å². The number of carbonyl (C=O) groups is 2. The van der Waals surface area contributed by atoms with Crippen molar-refractivity contribution in [3.8, 4) is 11.5 Å². The van der Waals surface area contributed by atoms with E-state index >= 15 is 0 Å². The molecule has 0 amide bonds. The quantitative estimate of drug-likeness (QED) is 0.209. The lowest BCUT2D eigenvalue weighted by atomic mass is 9.74. The normalized spacial score (nSPS) is 16.5. The lowest BCUT2D eigenvalue weighted by Gasteiger charge is -2.35. The minimum Gasteiger partial charge on any atom is -0.490 e. The Balaban J connectivity index is 1.47. The van der Waals surface area contributed by atoms with E-state index in [-0.39, 0.29) is 11.7 Å². The number of carbonyl (C=O) groups excluding carboxylic acids is 2. The molecule has 2 heterocycles. The van der Waals surface area contributed by atoms with Crippen LogP contribution in [0.3, 0.4) is 0 Å². The van der Waals surface area contributed by atoms with Crippen LogP contribution in [-0.4, -0.2) is 18.4 Å². The first-order valence-corrected chi connectivity index (χ1v) is 13.0. The highest BCUT2D eigenvalue weighted by Crippen LogP contribution is 2.49. The number of hydrogen-bond donors (Lipinski definition) is 1. The maximum atomic E-state index is 13.4. The summed E-state index contributed by atoms with van der Waals surface area (Å²) in [5.74, 6) is 0.298. The van der Waals surface area contributed by atoms with Gasteiger partial charge in [-0.15, -0.1) is 0 Å². The fourth-order valence-corrected chi connectivity index (χ4v) is 5.54. The number of rotatable bonds is 5. The summed E-state index contributed by atoms with van der Waals surface area (Å²) >= 11 is 0. The molecule has 0 radical (unpaired) electrons. The van der Waals surface area contributed by atoms with E-state index in [1.807, 2.05) is 42.8 Å². The van der Waals surface area contributed by atoms with Crippen molar-refractivity contribution in [3.63, 3.8) is 0 Å². The second kappa shape index (κ2) is 9.78. The number of ketones is 1. The second-order valence-corrected chi connectivity index (χ2v) is 9.76. The molecule has 190 valence electrons. The third-order valence-corrected chi connectivity index (χ3v) is 7.31. The molecule has 0 bridgehead atoms. The highest BCUT2D eigenvalue weighted by molar-refractivity contribution is 6.04. The molecule has 1 aliphatic heterocycles. The summed E-state index contributed by atoms with van der Waals surface area (Å²) in [5.41, 5.74) is 5.32. The molecule has 1 unspecified atom stereocenters. The second-order valence-electron chi connectivity index (χ2n) is 9.76. The Hall–Kier alpha value is -4.45. The maximum Gasteiger partial charge on any atom is 0.344 e. The van der Waals surface area contributed by atoms with Crippen LogP contribution in [0.1, 0.15) is 53.6 Å². The number of aryl methyl sites for hydroxylation is 1. The number of hydrogen-bond acceptors (Lipinski definition) is 5. The molecule has 1 N–H and O–H groups in total. The van der Waals surface area contributed by atoms with E-state index in [1.165, 1.54) is 0 Å². The first kappa shape index (κ1) is 23.9. The number of anilines is 1. The molecule has 6 nitrogen and oxygen atoms in total. The Labute approximate surface area is 221 Å². The average molecular weight is 506 g/mol. The fourth-order valence-electron chi connectivity index (χ4n) is 5.54. The molecule has 0 saturated heterocycles. The van der Waals surface area contributed by atoms with Crippen molar-refractivity contribution in [3.05, 3.63) is 107 Å². The molecule has 1 atom stereocenters. The number of benzene rings is 3. The Kier molecular flexibility index (Phi) is 6.16. The average Bonchev–Trinajstić information content (AvgIpc) is 2.93. The molecule has 4 aromatic rings. The van der Waals surface area contributed by atoms with E-state index in [0.29, 0.717) is 30.1 Å². The summed E-state index contributed by atoms with van der Waals surface area (Å²) < 4.78 is 13.6. The number of nitrogens with zero attached hydrogens (tertiary/aromatic N) is 1. The van der Waals surface area contributed by atoms with E-state index in [1.54, 1.807) is 30.6 Å². The lowest BCUT2D eigenvalue weighted by molar-refractivity contribution is -0.671. The third kappa shape index (κ3) is 4.22. The van der Waals surface area contributed by atoms with Crippen molar-refractivity contribution in [1.82, 2.24) is 0 Å². The van der Waals surface area contributed by atoms with E-state index in [2.05, 4.69) is 29.6 Å². The van der Waals surface area contributed by atoms with Crippen LogP contribution in [0.2, 0.25) is 0 Å². The van der Waals surface area contributed by atoms with Crippen LogP contribution in [-0.2, 0) is 11.8 Å². The van der Waals surface area contributed by atoms with Gasteiger partial charge in [0.25, 0.3) is 0 Å². The third-order valence-electron chi connectivity index (χ3n) is 7.31. The zero-order valence-electron chi connectivity index (χ0n) is 21.5. The van der Waals surface area contributed by atoms with Gasteiger partial charge in [-0.2, -0.15) is 0 Å². The molecule has 6 rings (SSSR count). The molecule has 0 fully saturated rings. The van der Waals surface area contributed by atoms with Crippen LogP contribution >= 0.6 is 0 Å². The van der Waals surface area contributed by atoms with Gasteiger partial charge in [0.05, 0.1) is 12.2 Å². The number of aromatic nitrogens is 1. The van der Waals surface area contributed by atoms with Crippen molar-refractivity contribution >= 4 is 28.2 Å². The van der Waals surface area contributed by atoms with Gasteiger partial charge in [0.1, 0.15) is 7.05 Å². The minimum absolute atomic E-state index is 0.174. The molecule has 6 heteroatoms. The van der Waals surface area contributed by atoms with Crippen LogP contribution in [0, 0.1) is 0 Å². The molecular weight excluding hydrogens is 476 g/mol. The summed E-state index contributed by atoms with van der Waals surface area (Å²) in [5, 5.41) is 5.81. The summed E-state index contributed by atoms with van der Waals surface area (Å²) in [7, 11) is 1.89. The van der Waals surface area contributed by atoms with Gasteiger partial charge in [-0.1, -0.05) is 36.4 Å². The van der Waals surface area contributed by atoms with Crippen molar-refractivity contribution in [2.24, 2.45) is 7.05 Å². The van der Waals surface area contributed by atoms with Gasteiger partial charge in [-0.3, -0.25) is 4.79 Å². The number of pyridine rings is 1. The zero-order chi connectivity index (χ0) is 26.2. The van der Waals surface area contributed by atoms with Crippen LogP contribution in [0.15, 0.2) is 90.4 Å². The lowest BCUT2D eigenvalue weighted by Crippen LogP contribution is -2.27. The van der Waals surface area contributed by atoms with E-state index in [4.69, 9.17) is 9.47 Å². The predicted octanol–water partition coefficient (Wildman–Crippen LogP) is 5.85. The zero-order valence-corrected chi connectivity index (χ0v) is 21.5. The molecule has 0 spiro atoms. The molecule has 1 aliphatic carbocycles. The number of allylic oxidation sites excluding steroid dienone is 2. The van der Waals surface area contributed by atoms with E-state index in [9.17, 15) is 9.59 Å². The van der Waals surface area contributed by atoms with Crippen LogP contribution in [0.25, 0.3) is 10.8 Å². The van der Waals surface area contributed by atoms with Gasteiger partial charge in [-0.25, -0.2) is 9.36 Å². The maximum absolute atomic E-state index is 13.4. The molecule has 3 aromatic carbocycles. The number of Topliss-reactive ketones (excluding diaryl/α,β-unsaturated/α-hetero) is 1. The van der Waals surface area contributed by atoms with Crippen LogP contribution < -0.4 is 19.4 Å². The molecule has 1 aromatic heterocycles. The predicted molar refractivity (Wildman–Crippen MR) is 145 cm³/mol. The van der Waals surface area contributed by atoms with Crippen molar-refractivity contribution in [1.29, 1.82) is 0 Å². The SMILES string of the molecule is CCOc1cc(C2C3=C(CCCC3=O)Nc3ccc4ccccc4c32)ccc1OC(=O)c1cc[n+](C)cc1. The topological polar surface area (TPSA) is 68.5 Å². The Morgan fingerprint density at radius 1 is 1.00 bits per heavy atom. The summed E-state index contributed by atoms with van der Waals surface area (Å²) in [6.07, 6.45) is 5.83. The van der Waals surface area contributed by atoms with E-state index in [0.717, 1.165) is 51.7 Å². The number of ether oxygens (including phenoxy) is 2. The molecule has 0 saturated carbocycles. The monoisotopic (exact) mass is 505 g/mol. The summed E-state index contributed by atoms with van der Waals surface area (Å²) in [4.78, 5) is 26.2. The fraction of sp³-hybridized carbons (Fsp3) is 0.219. The van der Waals surface area contributed by atoms with Gasteiger partial charge in [-0.05, 0) is 59.9 Å².